The van der Waals surface area contributed by atoms with Gasteiger partial charge in [0.25, 0.3) is 0 Å². The van der Waals surface area contributed by atoms with Gasteiger partial charge in [-0.05, 0) is 20.4 Å². The molecule has 0 radical (unpaired) electrons. The van der Waals surface area contributed by atoms with E-state index in [0.717, 1.165) is 24.3 Å². The maximum atomic E-state index is 11.9. The number of hydrogen-bond acceptors (Lipinski definition) is 3. The Morgan fingerprint density at radius 2 is 2.33 bits per heavy atom. The smallest absolute Gasteiger partial charge is 0.244 e. The molecule has 0 aliphatic carbocycles. The summed E-state index contributed by atoms with van der Waals surface area (Å²) in [6.45, 7) is 2.70. The summed E-state index contributed by atoms with van der Waals surface area (Å²) in [6.07, 6.45) is 2.76. The quantitative estimate of drug-likeness (QED) is 0.747. The van der Waals surface area contributed by atoms with Crippen molar-refractivity contribution < 1.29 is 4.79 Å². The van der Waals surface area contributed by atoms with Gasteiger partial charge in [-0.25, -0.2) is 0 Å². The van der Waals surface area contributed by atoms with Gasteiger partial charge in [0.15, 0.2) is 0 Å². The molecule has 15 heavy (non-hydrogen) atoms. The van der Waals surface area contributed by atoms with E-state index in [1.54, 1.807) is 4.68 Å². The number of nitrogens with one attached hydrogen (secondary N) is 1. The van der Waals surface area contributed by atoms with Crippen molar-refractivity contribution in [2.75, 3.05) is 18.5 Å². The zero-order valence-corrected chi connectivity index (χ0v) is 9.32. The van der Waals surface area contributed by atoms with Crippen LogP contribution in [0.25, 0.3) is 0 Å². The zero-order chi connectivity index (χ0) is 11.0. The lowest BCUT2D eigenvalue weighted by molar-refractivity contribution is -0.118. The Morgan fingerprint density at radius 1 is 1.60 bits per heavy atom. The number of likely N-dealkylation sites (N-methyl/N-ethyl adjacent to an activating group) is 1. The zero-order valence-electron chi connectivity index (χ0n) is 9.32. The number of nitrogens with zero attached hydrogens (tertiary/aromatic N) is 3. The van der Waals surface area contributed by atoms with E-state index in [1.807, 2.05) is 32.1 Å². The van der Waals surface area contributed by atoms with E-state index < -0.39 is 0 Å². The van der Waals surface area contributed by atoms with Crippen LogP contribution in [0.5, 0.6) is 0 Å². The van der Waals surface area contributed by atoms with Crippen molar-refractivity contribution in [2.24, 2.45) is 7.05 Å². The molecule has 1 amide bonds. The minimum absolute atomic E-state index is 0.0374. The average molecular weight is 208 g/mol. The predicted octanol–water partition coefficient (Wildman–Crippen LogP) is 0.0532. The van der Waals surface area contributed by atoms with Crippen molar-refractivity contribution in [3.63, 3.8) is 0 Å². The molecule has 5 heteroatoms. The molecule has 1 N–H and O–H groups in total. The summed E-state index contributed by atoms with van der Waals surface area (Å²) in [4.78, 5) is 13.7. The van der Waals surface area contributed by atoms with Gasteiger partial charge in [-0.15, -0.1) is 0 Å². The van der Waals surface area contributed by atoms with Crippen molar-refractivity contribution in [3.05, 3.63) is 11.9 Å². The molecule has 2 heterocycles. The van der Waals surface area contributed by atoms with E-state index in [0.29, 0.717) is 0 Å². The Labute approximate surface area is 89.1 Å². The minimum atomic E-state index is -0.0374. The van der Waals surface area contributed by atoms with Crippen LogP contribution in [0.15, 0.2) is 6.20 Å². The van der Waals surface area contributed by atoms with Gasteiger partial charge >= 0.3 is 0 Å². The Balaban J connectivity index is 2.26. The molecule has 1 aliphatic heterocycles. The number of hydrogen-bond donors (Lipinski definition) is 1. The minimum Gasteiger partial charge on any atom is -0.309 e. The molecule has 1 atom stereocenters. The second kappa shape index (κ2) is 3.66. The predicted molar refractivity (Wildman–Crippen MR) is 57.8 cm³/mol. The fourth-order valence-electron chi connectivity index (χ4n) is 2.04. The molecule has 1 saturated heterocycles. The summed E-state index contributed by atoms with van der Waals surface area (Å²) in [5, 5.41) is 7.26. The number of aromatic nitrogens is 2. The van der Waals surface area contributed by atoms with Crippen LogP contribution in [-0.2, 0) is 11.8 Å². The largest absolute Gasteiger partial charge is 0.309 e. The van der Waals surface area contributed by atoms with Crippen LogP contribution in [0.1, 0.15) is 12.1 Å². The van der Waals surface area contributed by atoms with Gasteiger partial charge in [0, 0.05) is 19.8 Å². The van der Waals surface area contributed by atoms with Gasteiger partial charge < -0.3 is 10.2 Å². The Bertz CT molecular complexity index is 385. The second-order valence-corrected chi connectivity index (χ2v) is 3.89. The van der Waals surface area contributed by atoms with Crippen LogP contribution >= 0.6 is 0 Å². The fraction of sp³-hybridized carbons (Fsp3) is 0.600. The first-order chi connectivity index (χ1) is 7.13. The summed E-state index contributed by atoms with van der Waals surface area (Å²) in [6, 6.07) is -0.0374. The molecule has 0 aromatic carbocycles. The van der Waals surface area contributed by atoms with Crippen molar-refractivity contribution in [1.29, 1.82) is 0 Å². The molecular formula is C10H16N4O. The van der Waals surface area contributed by atoms with E-state index in [-0.39, 0.29) is 11.9 Å². The Morgan fingerprint density at radius 3 is 2.80 bits per heavy atom. The first-order valence-electron chi connectivity index (χ1n) is 5.12. The maximum Gasteiger partial charge on any atom is 0.244 e. The van der Waals surface area contributed by atoms with Gasteiger partial charge in [-0.3, -0.25) is 9.48 Å². The normalized spacial score (nSPS) is 21.4. The lowest BCUT2D eigenvalue weighted by Gasteiger charge is -2.15. The van der Waals surface area contributed by atoms with E-state index in [1.165, 1.54) is 0 Å². The van der Waals surface area contributed by atoms with E-state index in [9.17, 15) is 4.79 Å². The van der Waals surface area contributed by atoms with Crippen molar-refractivity contribution in [2.45, 2.75) is 19.4 Å². The van der Waals surface area contributed by atoms with E-state index in [2.05, 4.69) is 10.4 Å². The van der Waals surface area contributed by atoms with Crippen molar-refractivity contribution >= 4 is 11.6 Å². The highest BCUT2D eigenvalue weighted by molar-refractivity contribution is 5.99. The highest BCUT2D eigenvalue weighted by Crippen LogP contribution is 2.23. The summed E-state index contributed by atoms with van der Waals surface area (Å²) in [7, 11) is 3.69. The first-order valence-corrected chi connectivity index (χ1v) is 5.12. The standard InChI is InChI=1S/C10H16N4O/c1-7-9(6-13(3)12-7)14-5-4-8(11-2)10(14)15/h6,8,11H,4-5H2,1-3H3. The van der Waals surface area contributed by atoms with Crippen LogP contribution in [0.2, 0.25) is 0 Å². The van der Waals surface area contributed by atoms with Gasteiger partial charge in [0.05, 0.1) is 17.4 Å². The van der Waals surface area contributed by atoms with Crippen molar-refractivity contribution in [1.82, 2.24) is 15.1 Å². The van der Waals surface area contributed by atoms with E-state index in [4.69, 9.17) is 0 Å². The summed E-state index contributed by atoms with van der Waals surface area (Å²) in [5.74, 6) is 0.147. The molecule has 1 aliphatic rings. The molecule has 1 aromatic rings. The fourth-order valence-corrected chi connectivity index (χ4v) is 2.04. The van der Waals surface area contributed by atoms with Crippen LogP contribution in [0, 0.1) is 6.92 Å². The Hall–Kier alpha value is -1.36. The van der Waals surface area contributed by atoms with Crippen LogP contribution in [-0.4, -0.2) is 35.3 Å². The molecule has 2 rings (SSSR count). The van der Waals surface area contributed by atoms with Gasteiger partial charge in [0.1, 0.15) is 0 Å². The SMILES string of the molecule is CNC1CCN(c2cn(C)nc2C)C1=O. The number of carbonyl (C=O) groups is 1. The first kappa shape index (κ1) is 10.2. The lowest BCUT2D eigenvalue weighted by atomic mass is 10.2. The molecule has 0 spiro atoms. The third-order valence-electron chi connectivity index (χ3n) is 2.83. The number of amides is 1. The van der Waals surface area contributed by atoms with Gasteiger partial charge in [-0.1, -0.05) is 0 Å². The monoisotopic (exact) mass is 208 g/mol. The van der Waals surface area contributed by atoms with Crippen LogP contribution < -0.4 is 10.2 Å². The maximum absolute atomic E-state index is 11.9. The van der Waals surface area contributed by atoms with Gasteiger partial charge in [-0.2, -0.15) is 5.10 Å². The highest BCUT2D eigenvalue weighted by atomic mass is 16.2. The molecule has 1 fully saturated rings. The summed E-state index contributed by atoms with van der Waals surface area (Å²) >= 11 is 0. The van der Waals surface area contributed by atoms with Crippen LogP contribution in [0.4, 0.5) is 5.69 Å². The third kappa shape index (κ3) is 1.63. The average Bonchev–Trinajstić information content (AvgIpc) is 2.69. The molecule has 0 saturated carbocycles. The number of anilines is 1. The number of rotatable bonds is 2. The summed E-state index contributed by atoms with van der Waals surface area (Å²) in [5.41, 5.74) is 1.84. The molecule has 5 nitrogen and oxygen atoms in total. The number of carbonyl (C=O) groups excluding carboxylic acids is 1. The lowest BCUT2D eigenvalue weighted by Crippen LogP contribution is -2.36. The molecule has 1 aromatic heterocycles. The molecule has 1 unspecified atom stereocenters. The number of aryl methyl sites for hydroxylation is 2. The van der Waals surface area contributed by atoms with E-state index >= 15 is 0 Å². The molecule has 0 bridgehead atoms. The molecular weight excluding hydrogens is 192 g/mol. The summed E-state index contributed by atoms with van der Waals surface area (Å²) < 4.78 is 1.74. The molecule has 82 valence electrons. The topological polar surface area (TPSA) is 50.2 Å². The van der Waals surface area contributed by atoms with Crippen molar-refractivity contribution in [3.8, 4) is 0 Å². The third-order valence-corrected chi connectivity index (χ3v) is 2.83. The van der Waals surface area contributed by atoms with Crippen LogP contribution in [0.3, 0.4) is 0 Å². The van der Waals surface area contributed by atoms with Gasteiger partial charge in [0.2, 0.25) is 5.91 Å². The highest BCUT2D eigenvalue weighted by Gasteiger charge is 2.32. The second-order valence-electron chi connectivity index (χ2n) is 3.89. The Kier molecular flexibility index (Phi) is 2.48.